The van der Waals surface area contributed by atoms with Gasteiger partial charge in [-0.25, -0.2) is 13.4 Å². The molecule has 0 aliphatic carbocycles. The second kappa shape index (κ2) is 7.92. The lowest BCUT2D eigenvalue weighted by Gasteiger charge is -2.15. The number of ether oxygens (including phenoxy) is 1. The summed E-state index contributed by atoms with van der Waals surface area (Å²) in [7, 11) is -2.71. The fourth-order valence-corrected chi connectivity index (χ4v) is 4.09. The molecule has 9 nitrogen and oxygen atoms in total. The Balaban J connectivity index is 1.95. The van der Waals surface area contributed by atoms with E-state index in [9.17, 15) is 13.2 Å². The topological polar surface area (TPSA) is 126 Å². The number of nitrogens with zero attached hydrogens (tertiary/aromatic N) is 2. The molecule has 0 aliphatic heterocycles. The van der Waals surface area contributed by atoms with Gasteiger partial charge in [-0.2, -0.15) is 5.10 Å². The summed E-state index contributed by atoms with van der Waals surface area (Å²) >= 11 is 0. The van der Waals surface area contributed by atoms with Crippen LogP contribution >= 0.6 is 0 Å². The monoisotopic (exact) mass is 415 g/mol. The number of nitrogens with one attached hydrogen (secondary N) is 3. The van der Waals surface area contributed by atoms with Gasteiger partial charge < -0.3 is 10.1 Å². The predicted octanol–water partition coefficient (Wildman–Crippen LogP) is 2.79. The minimum absolute atomic E-state index is 0.0858. The Morgan fingerprint density at radius 2 is 1.83 bits per heavy atom. The number of rotatable bonds is 6. The van der Waals surface area contributed by atoms with Gasteiger partial charge in [0.1, 0.15) is 0 Å². The van der Waals surface area contributed by atoms with E-state index in [-0.39, 0.29) is 22.2 Å². The summed E-state index contributed by atoms with van der Waals surface area (Å²) in [6, 6.07) is 8.33. The van der Waals surface area contributed by atoms with Crippen LogP contribution < -0.4 is 14.8 Å². The van der Waals surface area contributed by atoms with E-state index in [0.717, 1.165) is 16.8 Å². The molecule has 152 valence electrons. The number of hydrogen-bond acceptors (Lipinski definition) is 6. The highest BCUT2D eigenvalue weighted by Crippen LogP contribution is 2.29. The van der Waals surface area contributed by atoms with Crippen LogP contribution in [0.2, 0.25) is 0 Å². The lowest BCUT2D eigenvalue weighted by atomic mass is 10.1. The van der Waals surface area contributed by atoms with Crippen molar-refractivity contribution in [1.82, 2.24) is 15.2 Å². The molecule has 0 unspecified atom stereocenters. The molecule has 0 fully saturated rings. The summed E-state index contributed by atoms with van der Waals surface area (Å²) in [6.07, 6.45) is 1.31. The standard InChI is InChI=1S/C19H21N5O4S/c1-11-6-5-7-12(2)17(11)24-29(26,27)16-9-14(10-20-19(16)28-4)21-18(25)15-8-13(3)22-23-15/h5-10,24H,1-4H3,(H,21,25)(H,22,23). The summed E-state index contributed by atoms with van der Waals surface area (Å²) in [5.41, 5.74) is 3.13. The molecule has 3 rings (SSSR count). The number of carbonyl (C=O) groups excluding carboxylic acids is 1. The number of aryl methyl sites for hydroxylation is 3. The highest BCUT2D eigenvalue weighted by molar-refractivity contribution is 7.92. The average Bonchev–Trinajstić information content (AvgIpc) is 3.11. The van der Waals surface area contributed by atoms with Gasteiger partial charge in [-0.3, -0.25) is 14.6 Å². The summed E-state index contributed by atoms with van der Waals surface area (Å²) in [5, 5.41) is 9.14. The first-order chi connectivity index (χ1) is 13.7. The molecule has 2 aromatic heterocycles. The van der Waals surface area contributed by atoms with Crippen LogP contribution in [0.1, 0.15) is 27.3 Å². The van der Waals surface area contributed by atoms with Gasteiger partial charge in [0.25, 0.3) is 15.9 Å². The van der Waals surface area contributed by atoms with Crippen LogP contribution in [0, 0.1) is 20.8 Å². The van der Waals surface area contributed by atoms with Crippen LogP contribution in [0.4, 0.5) is 11.4 Å². The number of carbonyl (C=O) groups is 1. The van der Waals surface area contributed by atoms with Crippen molar-refractivity contribution >= 4 is 27.3 Å². The highest BCUT2D eigenvalue weighted by atomic mass is 32.2. The quantitative estimate of drug-likeness (QED) is 0.568. The van der Waals surface area contributed by atoms with Crippen molar-refractivity contribution in [3.05, 3.63) is 59.0 Å². The molecule has 1 amide bonds. The Labute approximate surface area is 168 Å². The Kier molecular flexibility index (Phi) is 5.55. The number of sulfonamides is 1. The Morgan fingerprint density at radius 1 is 1.14 bits per heavy atom. The molecule has 3 N–H and O–H groups in total. The third-order valence-electron chi connectivity index (χ3n) is 4.22. The first-order valence-electron chi connectivity index (χ1n) is 8.67. The Morgan fingerprint density at radius 3 is 2.41 bits per heavy atom. The number of aromatic nitrogens is 3. The zero-order valence-electron chi connectivity index (χ0n) is 16.4. The third kappa shape index (κ3) is 4.37. The lowest BCUT2D eigenvalue weighted by molar-refractivity contribution is 0.102. The molecule has 0 aliphatic rings. The van der Waals surface area contributed by atoms with Gasteiger partial charge in [-0.15, -0.1) is 0 Å². The molecule has 0 spiro atoms. The molecule has 0 bridgehead atoms. The number of anilines is 2. The molecule has 2 heterocycles. The molecule has 1 aromatic carbocycles. The molecule has 0 radical (unpaired) electrons. The number of H-pyrrole nitrogens is 1. The molecule has 0 saturated carbocycles. The first-order valence-corrected chi connectivity index (χ1v) is 10.2. The lowest BCUT2D eigenvalue weighted by Crippen LogP contribution is -2.18. The van der Waals surface area contributed by atoms with Gasteiger partial charge in [0, 0.05) is 5.69 Å². The van der Waals surface area contributed by atoms with Gasteiger partial charge in [-0.05, 0) is 44.0 Å². The van der Waals surface area contributed by atoms with Crippen LogP contribution in [0.5, 0.6) is 5.88 Å². The third-order valence-corrected chi connectivity index (χ3v) is 5.56. The van der Waals surface area contributed by atoms with E-state index in [1.54, 1.807) is 13.0 Å². The predicted molar refractivity (Wildman–Crippen MR) is 109 cm³/mol. The summed E-state index contributed by atoms with van der Waals surface area (Å²) in [5.74, 6) is -0.579. The summed E-state index contributed by atoms with van der Waals surface area (Å²) in [6.45, 7) is 5.38. The van der Waals surface area contributed by atoms with Gasteiger partial charge in [-0.1, -0.05) is 18.2 Å². The van der Waals surface area contributed by atoms with Crippen molar-refractivity contribution in [2.24, 2.45) is 0 Å². The maximum atomic E-state index is 13.0. The SMILES string of the molecule is COc1ncc(NC(=O)c2cc(C)[nH]n2)cc1S(=O)(=O)Nc1c(C)cccc1C. The van der Waals surface area contributed by atoms with Crippen molar-refractivity contribution in [2.45, 2.75) is 25.7 Å². The number of aromatic amines is 1. The fourth-order valence-electron chi connectivity index (χ4n) is 2.74. The zero-order chi connectivity index (χ0) is 21.2. The Bertz CT molecular complexity index is 1150. The van der Waals surface area contributed by atoms with Gasteiger partial charge in [0.15, 0.2) is 10.6 Å². The number of hydrogen-bond donors (Lipinski definition) is 3. The van der Waals surface area contributed by atoms with Crippen molar-refractivity contribution in [2.75, 3.05) is 17.1 Å². The van der Waals surface area contributed by atoms with Crippen LogP contribution in [0.3, 0.4) is 0 Å². The highest BCUT2D eigenvalue weighted by Gasteiger charge is 2.24. The molecule has 0 atom stereocenters. The largest absolute Gasteiger partial charge is 0.480 e. The van der Waals surface area contributed by atoms with Crippen molar-refractivity contribution in [3.8, 4) is 5.88 Å². The summed E-state index contributed by atoms with van der Waals surface area (Å²) in [4.78, 5) is 16.1. The van der Waals surface area contributed by atoms with E-state index in [0.29, 0.717) is 5.69 Å². The molecular weight excluding hydrogens is 394 g/mol. The molecule has 10 heteroatoms. The maximum Gasteiger partial charge on any atom is 0.276 e. The molecule has 3 aromatic rings. The number of para-hydroxylation sites is 1. The summed E-state index contributed by atoms with van der Waals surface area (Å²) < 4.78 is 33.8. The minimum Gasteiger partial charge on any atom is -0.480 e. The van der Waals surface area contributed by atoms with E-state index in [4.69, 9.17) is 4.74 Å². The zero-order valence-corrected chi connectivity index (χ0v) is 17.2. The van der Waals surface area contributed by atoms with Crippen molar-refractivity contribution < 1.29 is 17.9 Å². The van der Waals surface area contributed by atoms with E-state index in [1.807, 2.05) is 32.0 Å². The van der Waals surface area contributed by atoms with Crippen molar-refractivity contribution in [1.29, 1.82) is 0 Å². The number of pyridine rings is 1. The fraction of sp³-hybridized carbons (Fsp3) is 0.211. The second-order valence-corrected chi connectivity index (χ2v) is 8.14. The van der Waals surface area contributed by atoms with Crippen LogP contribution in [0.15, 0.2) is 41.4 Å². The molecular formula is C19H21N5O4S. The average molecular weight is 415 g/mol. The van der Waals surface area contributed by atoms with E-state index in [1.165, 1.54) is 19.4 Å². The van der Waals surface area contributed by atoms with Gasteiger partial charge in [0.2, 0.25) is 5.88 Å². The normalized spacial score (nSPS) is 11.2. The van der Waals surface area contributed by atoms with Crippen molar-refractivity contribution in [3.63, 3.8) is 0 Å². The number of benzene rings is 1. The smallest absolute Gasteiger partial charge is 0.276 e. The van der Waals surface area contributed by atoms with Crippen LogP contribution in [0.25, 0.3) is 0 Å². The number of methoxy groups -OCH3 is 1. The van der Waals surface area contributed by atoms with Gasteiger partial charge >= 0.3 is 0 Å². The number of amides is 1. The van der Waals surface area contributed by atoms with E-state index >= 15 is 0 Å². The second-order valence-electron chi connectivity index (χ2n) is 6.49. The van der Waals surface area contributed by atoms with E-state index < -0.39 is 15.9 Å². The van der Waals surface area contributed by atoms with E-state index in [2.05, 4.69) is 25.2 Å². The molecule has 29 heavy (non-hydrogen) atoms. The minimum atomic E-state index is -4.03. The first kappa shape index (κ1) is 20.3. The van der Waals surface area contributed by atoms with Gasteiger partial charge in [0.05, 0.1) is 24.7 Å². The Hall–Kier alpha value is -3.40. The van der Waals surface area contributed by atoms with Crippen LogP contribution in [-0.2, 0) is 10.0 Å². The maximum absolute atomic E-state index is 13.0. The van der Waals surface area contributed by atoms with Crippen LogP contribution in [-0.4, -0.2) is 36.6 Å². The molecule has 0 saturated heterocycles.